The van der Waals surface area contributed by atoms with Gasteiger partial charge in [-0.2, -0.15) is 0 Å². The predicted molar refractivity (Wildman–Crippen MR) is 92.2 cm³/mol. The summed E-state index contributed by atoms with van der Waals surface area (Å²) in [6.07, 6.45) is 9.07. The molecule has 1 aliphatic carbocycles. The Bertz CT molecular complexity index is 550. The molecule has 5 aliphatic rings. The average molecular weight is 352 g/mol. The van der Waals surface area contributed by atoms with Gasteiger partial charge in [0.15, 0.2) is 11.9 Å². The molecule has 4 saturated heterocycles. The summed E-state index contributed by atoms with van der Waals surface area (Å²) in [5, 5.41) is 0. The van der Waals surface area contributed by atoms with Crippen molar-refractivity contribution in [3.8, 4) is 0 Å². The smallest absolute Gasteiger partial charge is 0.207 e. The highest BCUT2D eigenvalue weighted by Crippen LogP contribution is 2.63. The molecule has 0 aromatic heterocycles. The lowest BCUT2D eigenvalue weighted by atomic mass is 9.61. The highest BCUT2D eigenvalue weighted by atomic mass is 17.3. The molecule has 0 radical (unpaired) electrons. The molecule has 8 atom stereocenters. The summed E-state index contributed by atoms with van der Waals surface area (Å²) in [6.45, 7) is 8.55. The maximum Gasteiger partial charge on any atom is 0.207 e. The highest BCUT2D eigenvalue weighted by Gasteiger charge is 2.75. The Morgan fingerprint density at radius 3 is 2.72 bits per heavy atom. The van der Waals surface area contributed by atoms with Crippen LogP contribution in [0.3, 0.4) is 0 Å². The predicted octanol–water partition coefficient (Wildman–Crippen LogP) is 4.18. The Morgan fingerprint density at radius 1 is 1.24 bits per heavy atom. The lowest BCUT2D eigenvalue weighted by molar-refractivity contribution is -0.603. The first-order valence-electron chi connectivity index (χ1n) is 9.89. The van der Waals surface area contributed by atoms with E-state index in [4.69, 9.17) is 24.0 Å². The van der Waals surface area contributed by atoms with Gasteiger partial charge in [0.25, 0.3) is 0 Å². The third-order valence-corrected chi connectivity index (χ3v) is 7.16. The van der Waals surface area contributed by atoms with E-state index in [0.717, 1.165) is 25.7 Å². The van der Waals surface area contributed by atoms with E-state index in [1.54, 1.807) is 7.11 Å². The van der Waals surface area contributed by atoms with Gasteiger partial charge in [-0.3, -0.25) is 0 Å². The Labute approximate surface area is 150 Å². The molecule has 5 nitrogen and oxygen atoms in total. The molecule has 1 spiro atoms. The zero-order valence-corrected chi connectivity index (χ0v) is 16.1. The first-order valence-corrected chi connectivity index (χ1v) is 9.89. The normalized spacial score (nSPS) is 54.7. The second-order valence-corrected chi connectivity index (χ2v) is 8.39. The molecule has 1 unspecified atom stereocenters. The minimum Gasteiger partial charge on any atom is -0.355 e. The molecule has 0 saturated carbocycles. The van der Waals surface area contributed by atoms with Crippen LogP contribution in [0.15, 0.2) is 12.2 Å². The van der Waals surface area contributed by atoms with Crippen molar-refractivity contribution in [2.75, 3.05) is 7.11 Å². The van der Waals surface area contributed by atoms with Crippen LogP contribution in [0.4, 0.5) is 0 Å². The molecular formula is C20H32O5. The number of rotatable bonds is 3. The van der Waals surface area contributed by atoms with E-state index in [-0.39, 0.29) is 18.1 Å². The topological polar surface area (TPSA) is 46.2 Å². The zero-order valence-electron chi connectivity index (χ0n) is 16.1. The minimum atomic E-state index is -0.846. The fourth-order valence-corrected chi connectivity index (χ4v) is 5.88. The lowest BCUT2D eigenvalue weighted by Gasteiger charge is -2.62. The first kappa shape index (κ1) is 17.9. The molecule has 5 rings (SSSR count). The quantitative estimate of drug-likeness (QED) is 0.563. The molecule has 2 bridgehead atoms. The monoisotopic (exact) mass is 352 g/mol. The minimum absolute atomic E-state index is 0.135. The molecule has 4 fully saturated rings. The first-order chi connectivity index (χ1) is 12.0. The number of fused-ring (bicyclic) bond motifs is 2. The van der Waals surface area contributed by atoms with Crippen LogP contribution in [0.1, 0.15) is 59.8 Å². The number of hydrogen-bond donors (Lipinski definition) is 0. The maximum absolute atomic E-state index is 6.61. The molecule has 4 heterocycles. The van der Waals surface area contributed by atoms with Crippen LogP contribution < -0.4 is 0 Å². The zero-order chi connectivity index (χ0) is 17.9. The second-order valence-electron chi connectivity index (χ2n) is 8.39. The van der Waals surface area contributed by atoms with E-state index in [1.807, 2.05) is 6.92 Å². The fraction of sp³-hybridized carbons (Fsp3) is 0.900. The summed E-state index contributed by atoms with van der Waals surface area (Å²) in [7, 11) is 1.71. The van der Waals surface area contributed by atoms with Crippen LogP contribution in [0.25, 0.3) is 0 Å². The molecule has 4 aliphatic heterocycles. The van der Waals surface area contributed by atoms with Gasteiger partial charge in [-0.15, -0.1) is 0 Å². The molecule has 0 aromatic carbocycles. The van der Waals surface area contributed by atoms with Crippen molar-refractivity contribution in [2.24, 2.45) is 23.7 Å². The summed E-state index contributed by atoms with van der Waals surface area (Å²) in [4.78, 5) is 12.3. The van der Waals surface area contributed by atoms with Gasteiger partial charge in [0.1, 0.15) is 0 Å². The molecule has 142 valence electrons. The van der Waals surface area contributed by atoms with Gasteiger partial charge < -0.3 is 14.2 Å². The van der Waals surface area contributed by atoms with Crippen molar-refractivity contribution in [2.45, 2.75) is 83.3 Å². The molecule has 0 amide bonds. The van der Waals surface area contributed by atoms with E-state index in [0.29, 0.717) is 18.3 Å². The molecule has 0 aromatic rings. The molecule has 25 heavy (non-hydrogen) atoms. The molecule has 0 N–H and O–H groups in total. The van der Waals surface area contributed by atoms with Gasteiger partial charge in [0.2, 0.25) is 11.6 Å². The van der Waals surface area contributed by atoms with E-state index < -0.39 is 17.2 Å². The van der Waals surface area contributed by atoms with Crippen molar-refractivity contribution in [3.05, 3.63) is 12.2 Å². The Kier molecular flexibility index (Phi) is 4.32. The average Bonchev–Trinajstić information content (AvgIpc) is 2.91. The second kappa shape index (κ2) is 6.03. The van der Waals surface area contributed by atoms with Gasteiger partial charge in [-0.05, 0) is 25.7 Å². The van der Waals surface area contributed by atoms with Crippen LogP contribution in [-0.4, -0.2) is 30.6 Å². The van der Waals surface area contributed by atoms with Gasteiger partial charge in [0, 0.05) is 37.7 Å². The van der Waals surface area contributed by atoms with E-state index in [2.05, 4.69) is 32.9 Å². The van der Waals surface area contributed by atoms with Gasteiger partial charge in [-0.1, -0.05) is 39.3 Å². The number of methoxy groups -OCH3 is 1. The molecule has 5 heteroatoms. The van der Waals surface area contributed by atoms with Crippen LogP contribution in [0.2, 0.25) is 0 Å². The number of allylic oxidation sites excluding steroid dienone is 1. The van der Waals surface area contributed by atoms with Crippen LogP contribution in [-0.2, 0) is 24.0 Å². The summed E-state index contributed by atoms with van der Waals surface area (Å²) in [5.74, 6) is -0.444. The summed E-state index contributed by atoms with van der Waals surface area (Å²) in [6, 6.07) is 0. The maximum atomic E-state index is 6.61. The Balaban J connectivity index is 1.92. The van der Waals surface area contributed by atoms with Crippen molar-refractivity contribution >= 4 is 0 Å². The molecular weight excluding hydrogens is 320 g/mol. The largest absolute Gasteiger partial charge is 0.355 e. The van der Waals surface area contributed by atoms with Crippen molar-refractivity contribution in [1.82, 2.24) is 0 Å². The van der Waals surface area contributed by atoms with Crippen molar-refractivity contribution in [3.63, 3.8) is 0 Å². The van der Waals surface area contributed by atoms with Gasteiger partial charge in [-0.25, -0.2) is 9.78 Å². The summed E-state index contributed by atoms with van der Waals surface area (Å²) in [5.41, 5.74) is -0.625. The standard InChI is InChI=1S/C20H32O5/c1-6-14-9-8-10-15-13(3)17(21-5)22-19(7-2)20(15)16(14)11-12-18(4,23-19)24-25-20/h8,10,13-17H,6-7,9,11-12H2,1-5H3/t13-,14-,15+,16+,17+,18-,19?,20+/m1/s1. The SMILES string of the molecule is CC[C@@H]1CC=C[C@H]2[C@@H](C)[C@@H](OC)OC3(CC)O[C@@]4(C)CC[C@@H]1[C@@]23OO4. The van der Waals surface area contributed by atoms with E-state index in [9.17, 15) is 0 Å². The third-order valence-electron chi connectivity index (χ3n) is 7.16. The highest BCUT2D eigenvalue weighted by molar-refractivity contribution is 5.20. The fourth-order valence-electron chi connectivity index (χ4n) is 5.88. The van der Waals surface area contributed by atoms with Crippen LogP contribution in [0.5, 0.6) is 0 Å². The third kappa shape index (κ3) is 2.26. The van der Waals surface area contributed by atoms with E-state index in [1.165, 1.54) is 0 Å². The van der Waals surface area contributed by atoms with Gasteiger partial charge >= 0.3 is 0 Å². The van der Waals surface area contributed by atoms with Crippen LogP contribution in [0, 0.1) is 23.7 Å². The number of hydrogen-bond acceptors (Lipinski definition) is 5. The summed E-state index contributed by atoms with van der Waals surface area (Å²) < 4.78 is 18.9. The Hall–Kier alpha value is -0.460. The van der Waals surface area contributed by atoms with Crippen molar-refractivity contribution in [1.29, 1.82) is 0 Å². The van der Waals surface area contributed by atoms with Gasteiger partial charge in [0.05, 0.1) is 0 Å². The van der Waals surface area contributed by atoms with Crippen LogP contribution >= 0.6 is 0 Å². The van der Waals surface area contributed by atoms with Crippen molar-refractivity contribution < 1.29 is 24.0 Å². The van der Waals surface area contributed by atoms with E-state index >= 15 is 0 Å². The summed E-state index contributed by atoms with van der Waals surface area (Å²) >= 11 is 0. The lowest BCUT2D eigenvalue weighted by Crippen LogP contribution is -2.75. The number of ether oxygens (including phenoxy) is 3. The Morgan fingerprint density at radius 2 is 2.04 bits per heavy atom.